The van der Waals surface area contributed by atoms with Crippen LogP contribution >= 0.6 is 24.0 Å². The van der Waals surface area contributed by atoms with Crippen LogP contribution in [0.3, 0.4) is 0 Å². The Balaban J connectivity index is 0.000000980. The quantitative estimate of drug-likeness (QED) is 0.692. The molecular formula is C10H10Cl2N2. The van der Waals surface area contributed by atoms with Crippen LogP contribution in [0.1, 0.15) is 11.3 Å². The molecule has 0 aliphatic carbocycles. The zero-order chi connectivity index (χ0) is 9.42. The fourth-order valence-electron chi connectivity index (χ4n) is 1.33. The maximum Gasteiger partial charge on any atom is 0.0920 e. The van der Waals surface area contributed by atoms with Gasteiger partial charge in [0.2, 0.25) is 0 Å². The van der Waals surface area contributed by atoms with Crippen molar-refractivity contribution in [1.29, 1.82) is 0 Å². The van der Waals surface area contributed by atoms with Gasteiger partial charge in [0.25, 0.3) is 0 Å². The molecular weight excluding hydrogens is 219 g/mol. The second-order valence-electron chi connectivity index (χ2n) is 3.10. The summed E-state index contributed by atoms with van der Waals surface area (Å²) in [6.07, 6.45) is 1.75. The van der Waals surface area contributed by atoms with Crippen LogP contribution in [0.15, 0.2) is 18.3 Å². The summed E-state index contributed by atoms with van der Waals surface area (Å²) in [5.41, 5.74) is 3.79. The highest BCUT2D eigenvalue weighted by Crippen LogP contribution is 2.20. The molecule has 0 amide bonds. The molecule has 0 fully saturated rings. The summed E-state index contributed by atoms with van der Waals surface area (Å²) in [6, 6.07) is 3.73. The Kier molecular flexibility index (Phi) is 3.29. The summed E-state index contributed by atoms with van der Waals surface area (Å²) in [7, 11) is 0. The average molecular weight is 229 g/mol. The Labute approximate surface area is 93.7 Å². The van der Waals surface area contributed by atoms with E-state index in [0.717, 1.165) is 22.3 Å². The number of rotatable bonds is 0. The zero-order valence-corrected chi connectivity index (χ0v) is 9.49. The first-order valence-electron chi connectivity index (χ1n) is 4.06. The lowest BCUT2D eigenvalue weighted by molar-refractivity contribution is 1.17. The van der Waals surface area contributed by atoms with Gasteiger partial charge in [-0.1, -0.05) is 11.6 Å². The van der Waals surface area contributed by atoms with Crippen LogP contribution in [0.25, 0.3) is 11.0 Å². The lowest BCUT2D eigenvalue weighted by Gasteiger charge is -2.01. The molecule has 2 nitrogen and oxygen atoms in total. The van der Waals surface area contributed by atoms with Crippen LogP contribution in [0.4, 0.5) is 0 Å². The van der Waals surface area contributed by atoms with E-state index in [9.17, 15) is 0 Å². The Bertz CT molecular complexity index is 469. The van der Waals surface area contributed by atoms with Crippen LogP contribution in [-0.2, 0) is 0 Å². The van der Waals surface area contributed by atoms with Gasteiger partial charge in [0, 0.05) is 11.2 Å². The number of aryl methyl sites for hydroxylation is 2. The molecule has 0 unspecified atom stereocenters. The lowest BCUT2D eigenvalue weighted by atomic mass is 10.2. The molecule has 2 aromatic rings. The van der Waals surface area contributed by atoms with Crippen molar-refractivity contribution < 1.29 is 0 Å². The van der Waals surface area contributed by atoms with E-state index < -0.39 is 0 Å². The molecule has 0 spiro atoms. The number of fused-ring (bicyclic) bond motifs is 1. The average Bonchev–Trinajstić information content (AvgIpc) is 2.06. The molecule has 74 valence electrons. The van der Waals surface area contributed by atoms with E-state index in [4.69, 9.17) is 11.6 Å². The van der Waals surface area contributed by atoms with E-state index in [1.54, 1.807) is 6.20 Å². The van der Waals surface area contributed by atoms with Crippen LogP contribution in [0.2, 0.25) is 5.02 Å². The van der Waals surface area contributed by atoms with Crippen LogP contribution < -0.4 is 0 Å². The van der Waals surface area contributed by atoms with Crippen LogP contribution in [0.5, 0.6) is 0 Å². The van der Waals surface area contributed by atoms with Crippen molar-refractivity contribution in [2.75, 3.05) is 0 Å². The molecule has 1 heterocycles. The topological polar surface area (TPSA) is 25.8 Å². The molecule has 4 heteroatoms. The molecule has 0 saturated heterocycles. The van der Waals surface area contributed by atoms with E-state index in [2.05, 4.69) is 9.97 Å². The molecule has 0 bridgehead atoms. The summed E-state index contributed by atoms with van der Waals surface area (Å²) < 4.78 is 0. The van der Waals surface area contributed by atoms with E-state index >= 15 is 0 Å². The molecule has 0 N–H and O–H groups in total. The van der Waals surface area contributed by atoms with Gasteiger partial charge in [0.15, 0.2) is 0 Å². The SMILES string of the molecule is Cc1cnc2cc(Cl)cc(C)c2n1.Cl. The predicted molar refractivity (Wildman–Crippen MR) is 61.3 cm³/mol. The van der Waals surface area contributed by atoms with Crippen molar-refractivity contribution in [3.05, 3.63) is 34.6 Å². The lowest BCUT2D eigenvalue weighted by Crippen LogP contribution is -1.89. The monoisotopic (exact) mass is 228 g/mol. The maximum absolute atomic E-state index is 5.90. The molecule has 0 radical (unpaired) electrons. The maximum atomic E-state index is 5.90. The molecule has 0 aliphatic rings. The number of hydrogen-bond acceptors (Lipinski definition) is 2. The van der Waals surface area contributed by atoms with E-state index in [-0.39, 0.29) is 12.4 Å². The van der Waals surface area contributed by atoms with Crippen molar-refractivity contribution in [2.45, 2.75) is 13.8 Å². The Hall–Kier alpha value is -0.860. The highest BCUT2D eigenvalue weighted by molar-refractivity contribution is 6.31. The molecule has 2 rings (SSSR count). The Morgan fingerprint density at radius 3 is 2.64 bits per heavy atom. The van der Waals surface area contributed by atoms with Crippen molar-refractivity contribution in [1.82, 2.24) is 9.97 Å². The minimum atomic E-state index is 0. The number of hydrogen-bond donors (Lipinski definition) is 0. The van der Waals surface area contributed by atoms with Gasteiger partial charge in [0.1, 0.15) is 0 Å². The van der Waals surface area contributed by atoms with Gasteiger partial charge in [-0.3, -0.25) is 4.98 Å². The molecule has 0 atom stereocenters. The van der Waals surface area contributed by atoms with Gasteiger partial charge in [-0.2, -0.15) is 0 Å². The third-order valence-electron chi connectivity index (χ3n) is 1.92. The van der Waals surface area contributed by atoms with Gasteiger partial charge in [-0.25, -0.2) is 4.98 Å². The molecule has 1 aromatic heterocycles. The number of nitrogens with zero attached hydrogens (tertiary/aromatic N) is 2. The molecule has 1 aromatic carbocycles. The van der Waals surface area contributed by atoms with Gasteiger partial charge < -0.3 is 0 Å². The first kappa shape index (κ1) is 11.2. The van der Waals surface area contributed by atoms with E-state index in [1.165, 1.54) is 0 Å². The smallest absolute Gasteiger partial charge is 0.0920 e. The van der Waals surface area contributed by atoms with E-state index in [0.29, 0.717) is 5.02 Å². The Morgan fingerprint density at radius 2 is 1.93 bits per heavy atom. The molecule has 14 heavy (non-hydrogen) atoms. The van der Waals surface area contributed by atoms with Crippen molar-refractivity contribution in [3.63, 3.8) is 0 Å². The van der Waals surface area contributed by atoms with Gasteiger partial charge in [0.05, 0.1) is 16.7 Å². The van der Waals surface area contributed by atoms with Crippen LogP contribution in [0, 0.1) is 13.8 Å². The van der Waals surface area contributed by atoms with Gasteiger partial charge in [-0.15, -0.1) is 12.4 Å². The van der Waals surface area contributed by atoms with Crippen molar-refractivity contribution >= 4 is 35.0 Å². The normalized spacial score (nSPS) is 9.93. The Morgan fingerprint density at radius 1 is 1.21 bits per heavy atom. The number of benzene rings is 1. The zero-order valence-electron chi connectivity index (χ0n) is 7.91. The summed E-state index contributed by atoms with van der Waals surface area (Å²) in [5, 5.41) is 0.711. The summed E-state index contributed by atoms with van der Waals surface area (Å²) in [5.74, 6) is 0. The van der Waals surface area contributed by atoms with Gasteiger partial charge in [-0.05, 0) is 31.5 Å². The third kappa shape index (κ3) is 1.97. The fourth-order valence-corrected chi connectivity index (χ4v) is 1.60. The van der Waals surface area contributed by atoms with Crippen molar-refractivity contribution in [3.8, 4) is 0 Å². The minimum Gasteiger partial charge on any atom is -0.253 e. The minimum absolute atomic E-state index is 0. The molecule has 0 aliphatic heterocycles. The summed E-state index contributed by atoms with van der Waals surface area (Å²) >= 11 is 5.90. The second kappa shape index (κ2) is 4.11. The highest BCUT2D eigenvalue weighted by Gasteiger charge is 2.01. The van der Waals surface area contributed by atoms with Crippen LogP contribution in [-0.4, -0.2) is 9.97 Å². The number of aromatic nitrogens is 2. The summed E-state index contributed by atoms with van der Waals surface area (Å²) in [6.45, 7) is 3.92. The molecule has 0 saturated carbocycles. The van der Waals surface area contributed by atoms with Crippen molar-refractivity contribution in [2.24, 2.45) is 0 Å². The predicted octanol–water partition coefficient (Wildman–Crippen LogP) is 3.32. The first-order valence-corrected chi connectivity index (χ1v) is 4.44. The number of halogens is 2. The van der Waals surface area contributed by atoms with Gasteiger partial charge >= 0.3 is 0 Å². The third-order valence-corrected chi connectivity index (χ3v) is 2.14. The highest BCUT2D eigenvalue weighted by atomic mass is 35.5. The first-order chi connectivity index (χ1) is 6.16. The standard InChI is InChI=1S/C10H9ClN2.ClH/c1-6-3-8(11)4-9-10(6)13-7(2)5-12-9;/h3-5H,1-2H3;1H. The second-order valence-corrected chi connectivity index (χ2v) is 3.54. The summed E-state index contributed by atoms with van der Waals surface area (Å²) in [4.78, 5) is 8.65. The largest absolute Gasteiger partial charge is 0.253 e. The fraction of sp³-hybridized carbons (Fsp3) is 0.200. The van der Waals surface area contributed by atoms with E-state index in [1.807, 2.05) is 26.0 Å².